The van der Waals surface area contributed by atoms with E-state index in [0.29, 0.717) is 11.3 Å². The number of para-hydroxylation sites is 2. The van der Waals surface area contributed by atoms with Gasteiger partial charge in [0, 0.05) is 18.8 Å². The predicted octanol–water partition coefficient (Wildman–Crippen LogP) is 1.66. The van der Waals surface area contributed by atoms with Crippen LogP contribution in [0, 0.1) is 0 Å². The lowest BCUT2D eigenvalue weighted by atomic mass is 10.2. The van der Waals surface area contributed by atoms with Gasteiger partial charge in [0.15, 0.2) is 17.3 Å². The zero-order valence-electron chi connectivity index (χ0n) is 17.7. The summed E-state index contributed by atoms with van der Waals surface area (Å²) in [4.78, 5) is 19.4. The minimum absolute atomic E-state index is 0.0323. The lowest BCUT2D eigenvalue weighted by Gasteiger charge is -2.28. The van der Waals surface area contributed by atoms with E-state index in [9.17, 15) is 4.79 Å². The first-order chi connectivity index (χ1) is 16.2. The number of hydrogen-bond acceptors (Lipinski definition) is 9. The molecule has 1 aliphatic rings. The minimum Gasteiger partial charge on any atom is -0.379 e. The van der Waals surface area contributed by atoms with E-state index in [4.69, 9.17) is 15.1 Å². The highest BCUT2D eigenvalue weighted by atomic mass is 16.6. The Labute approximate surface area is 188 Å². The molecule has 0 spiro atoms. The van der Waals surface area contributed by atoms with E-state index >= 15 is 0 Å². The van der Waals surface area contributed by atoms with E-state index in [1.54, 1.807) is 10.8 Å². The molecule has 0 bridgehead atoms. The highest BCUT2D eigenvalue weighted by Crippen LogP contribution is 2.26. The van der Waals surface area contributed by atoms with Crippen LogP contribution in [-0.4, -0.2) is 58.3 Å². The van der Waals surface area contributed by atoms with Gasteiger partial charge in [0.1, 0.15) is 6.54 Å². The van der Waals surface area contributed by atoms with Gasteiger partial charge in [-0.1, -0.05) is 24.3 Å². The van der Waals surface area contributed by atoms with Crippen molar-refractivity contribution in [2.45, 2.75) is 6.54 Å². The van der Waals surface area contributed by atoms with E-state index in [-0.39, 0.29) is 24.0 Å². The molecule has 11 heteroatoms. The van der Waals surface area contributed by atoms with E-state index in [0.717, 1.165) is 43.1 Å². The first kappa shape index (κ1) is 20.6. The van der Waals surface area contributed by atoms with Crippen LogP contribution in [0.2, 0.25) is 0 Å². The quantitative estimate of drug-likeness (QED) is 0.337. The van der Waals surface area contributed by atoms with Crippen LogP contribution < -0.4 is 16.1 Å². The average Bonchev–Trinajstić information content (AvgIpc) is 3.43. The highest BCUT2D eigenvalue weighted by molar-refractivity contribution is 5.86. The molecule has 0 atom stereocenters. The van der Waals surface area contributed by atoms with Crippen LogP contribution in [0.3, 0.4) is 0 Å². The molecule has 0 saturated carbocycles. The predicted molar refractivity (Wildman–Crippen MR) is 123 cm³/mol. The van der Waals surface area contributed by atoms with Crippen molar-refractivity contribution < 1.29 is 14.2 Å². The minimum atomic E-state index is -0.324. The topological polar surface area (TPSA) is 137 Å². The number of benzene rings is 2. The number of imidazole rings is 1. The summed E-state index contributed by atoms with van der Waals surface area (Å²) in [6.07, 6.45) is 1.60. The maximum Gasteiger partial charge on any atom is 0.260 e. The largest absolute Gasteiger partial charge is 0.379 e. The summed E-state index contributed by atoms with van der Waals surface area (Å²) in [5, 5.41) is 11.5. The van der Waals surface area contributed by atoms with Crippen molar-refractivity contribution >= 4 is 34.7 Å². The molecule has 2 aromatic carbocycles. The number of fused-ring (bicyclic) bond motifs is 1. The molecule has 33 heavy (non-hydrogen) atoms. The van der Waals surface area contributed by atoms with Crippen LogP contribution in [0.25, 0.3) is 22.6 Å². The van der Waals surface area contributed by atoms with Crippen molar-refractivity contribution in [1.29, 1.82) is 0 Å². The molecule has 2 aromatic heterocycles. The second-order valence-corrected chi connectivity index (χ2v) is 7.49. The van der Waals surface area contributed by atoms with Crippen molar-refractivity contribution in [3.8, 4) is 11.5 Å². The van der Waals surface area contributed by atoms with E-state index in [2.05, 4.69) is 30.7 Å². The van der Waals surface area contributed by atoms with Crippen molar-refractivity contribution in [3.63, 3.8) is 0 Å². The monoisotopic (exact) mass is 446 g/mol. The third-order valence-electron chi connectivity index (χ3n) is 5.35. The molecule has 3 N–H and O–H groups in total. The number of ether oxygens (including phenoxy) is 1. The molecule has 5 rings (SSSR count). The van der Waals surface area contributed by atoms with E-state index in [1.807, 2.05) is 48.5 Å². The number of carbonyl (C=O) groups excluding carboxylic acids is 1. The summed E-state index contributed by atoms with van der Waals surface area (Å²) in [6.45, 7) is 3.20. The Morgan fingerprint density at radius 3 is 2.67 bits per heavy atom. The number of morpholine rings is 1. The van der Waals surface area contributed by atoms with E-state index < -0.39 is 0 Å². The molecule has 1 aliphatic heterocycles. The Balaban J connectivity index is 1.28. The molecule has 3 heterocycles. The van der Waals surface area contributed by atoms with Gasteiger partial charge >= 0.3 is 0 Å². The van der Waals surface area contributed by atoms with Crippen molar-refractivity contribution in [2.24, 2.45) is 5.10 Å². The Hall–Kier alpha value is -4.25. The maximum atomic E-state index is 12.6. The molecule has 168 valence electrons. The van der Waals surface area contributed by atoms with Gasteiger partial charge in [0.2, 0.25) is 0 Å². The number of hydrogen-bond donors (Lipinski definition) is 2. The molecular formula is C22H22N8O3. The van der Waals surface area contributed by atoms with Crippen LogP contribution in [0.4, 0.5) is 11.5 Å². The Morgan fingerprint density at radius 1 is 1.12 bits per heavy atom. The van der Waals surface area contributed by atoms with Gasteiger partial charge in [0.25, 0.3) is 5.91 Å². The first-order valence-corrected chi connectivity index (χ1v) is 10.5. The van der Waals surface area contributed by atoms with Gasteiger partial charge in [-0.25, -0.2) is 15.0 Å². The molecule has 11 nitrogen and oxygen atoms in total. The van der Waals surface area contributed by atoms with Gasteiger partial charge < -0.3 is 19.9 Å². The molecular weight excluding hydrogens is 424 g/mol. The van der Waals surface area contributed by atoms with Crippen LogP contribution in [0.15, 0.2) is 58.3 Å². The molecule has 1 amide bonds. The Kier molecular flexibility index (Phi) is 5.68. The highest BCUT2D eigenvalue weighted by Gasteiger charge is 2.20. The van der Waals surface area contributed by atoms with Crippen LogP contribution in [-0.2, 0) is 16.1 Å². The zero-order chi connectivity index (χ0) is 22.6. The smallest absolute Gasteiger partial charge is 0.260 e. The number of nitrogens with zero attached hydrogens (tertiary/aromatic N) is 6. The maximum absolute atomic E-state index is 12.6. The summed E-state index contributed by atoms with van der Waals surface area (Å²) in [5.74, 6) is 0.175. The second kappa shape index (κ2) is 9.09. The molecule has 4 aromatic rings. The number of nitrogen functional groups attached to an aromatic ring is 1. The molecule has 1 saturated heterocycles. The van der Waals surface area contributed by atoms with Crippen molar-refractivity contribution in [3.05, 3.63) is 54.1 Å². The molecule has 1 fully saturated rings. The van der Waals surface area contributed by atoms with Gasteiger partial charge in [-0.2, -0.15) is 5.10 Å². The summed E-state index contributed by atoms with van der Waals surface area (Å²) in [7, 11) is 0. The fourth-order valence-corrected chi connectivity index (χ4v) is 3.72. The number of hydrazone groups is 1. The molecule has 0 aliphatic carbocycles. The first-order valence-electron chi connectivity index (χ1n) is 10.5. The number of nitrogens with one attached hydrogen (secondary N) is 1. The summed E-state index contributed by atoms with van der Waals surface area (Å²) < 4.78 is 11.8. The Bertz CT molecular complexity index is 1290. The number of rotatable bonds is 6. The third kappa shape index (κ3) is 4.39. The normalized spacial score (nSPS) is 14.2. The molecule has 0 unspecified atom stereocenters. The molecule has 0 radical (unpaired) electrons. The van der Waals surface area contributed by atoms with Gasteiger partial charge in [-0.15, -0.1) is 0 Å². The Morgan fingerprint density at radius 2 is 1.91 bits per heavy atom. The van der Waals surface area contributed by atoms with Crippen LogP contribution >= 0.6 is 0 Å². The summed E-state index contributed by atoms with van der Waals surface area (Å²) >= 11 is 0. The van der Waals surface area contributed by atoms with Crippen LogP contribution in [0.5, 0.6) is 0 Å². The third-order valence-corrected chi connectivity index (χ3v) is 5.35. The van der Waals surface area contributed by atoms with Gasteiger partial charge in [-0.05, 0) is 40.1 Å². The lowest BCUT2D eigenvalue weighted by molar-refractivity contribution is -0.121. The zero-order valence-corrected chi connectivity index (χ0v) is 17.7. The fourth-order valence-electron chi connectivity index (χ4n) is 3.72. The van der Waals surface area contributed by atoms with E-state index in [1.165, 1.54) is 0 Å². The number of amides is 1. The van der Waals surface area contributed by atoms with Crippen molar-refractivity contribution in [1.82, 2.24) is 25.3 Å². The van der Waals surface area contributed by atoms with Gasteiger partial charge in [-0.3, -0.25) is 4.79 Å². The SMILES string of the molecule is Nc1nonc1-c1nc2ccccc2n1CC(=O)N/N=C/c1ccc(N2CCOCC2)cc1. The number of nitrogens with two attached hydrogens (primary N) is 1. The standard InChI is InChI=1S/C22H22N8O3/c23-21-20(27-33-28-21)22-25-17-3-1-2-4-18(17)30(22)14-19(31)26-24-13-15-5-7-16(8-6-15)29-9-11-32-12-10-29/h1-8,13H,9-12,14H2,(H2,23,28)(H,26,31)/b24-13+. The summed E-state index contributed by atoms with van der Waals surface area (Å²) in [6, 6.07) is 15.4. The fraction of sp³-hybridized carbons (Fsp3) is 0.227. The summed E-state index contributed by atoms with van der Waals surface area (Å²) in [5.41, 5.74) is 12.2. The lowest BCUT2D eigenvalue weighted by Crippen LogP contribution is -2.36. The van der Waals surface area contributed by atoms with Gasteiger partial charge in [0.05, 0.1) is 30.5 Å². The van der Waals surface area contributed by atoms with Crippen LogP contribution in [0.1, 0.15) is 5.56 Å². The van der Waals surface area contributed by atoms with Crippen molar-refractivity contribution in [2.75, 3.05) is 36.9 Å². The second-order valence-electron chi connectivity index (χ2n) is 7.49. The number of aromatic nitrogens is 4. The average molecular weight is 446 g/mol. The number of carbonyl (C=O) groups is 1. The number of anilines is 2.